The van der Waals surface area contributed by atoms with E-state index in [9.17, 15) is 0 Å². The number of aliphatic hydroxyl groups is 2. The van der Waals surface area contributed by atoms with Crippen molar-refractivity contribution < 1.29 is 10.2 Å². The molecule has 1 heterocycles. The Kier molecular flexibility index (Phi) is 2.90. The first-order valence-corrected chi connectivity index (χ1v) is 5.00. The second kappa shape index (κ2) is 4.18. The minimum absolute atomic E-state index is 0.0150. The van der Waals surface area contributed by atoms with E-state index in [4.69, 9.17) is 21.8 Å². The van der Waals surface area contributed by atoms with E-state index in [0.29, 0.717) is 17.4 Å². The van der Waals surface area contributed by atoms with Crippen LogP contribution in [0.15, 0.2) is 18.2 Å². The summed E-state index contributed by atoms with van der Waals surface area (Å²) in [5, 5.41) is 18.6. The van der Waals surface area contributed by atoms with Gasteiger partial charge < -0.3 is 14.8 Å². The normalized spacial score (nSPS) is 11.1. The van der Waals surface area contributed by atoms with Gasteiger partial charge in [0.1, 0.15) is 12.4 Å². The van der Waals surface area contributed by atoms with Gasteiger partial charge in [-0.05, 0) is 18.2 Å². The molecule has 0 bridgehead atoms. The standard InChI is InChI=1S/C10H11ClN2O2/c11-7-1-2-9-8(5-7)12-10(6-15)13(9)3-4-14/h1-2,5,14-15H,3-4,6H2. The van der Waals surface area contributed by atoms with Crippen molar-refractivity contribution in [3.8, 4) is 0 Å². The summed E-state index contributed by atoms with van der Waals surface area (Å²) in [5.41, 5.74) is 1.61. The second-order valence-corrected chi connectivity index (χ2v) is 3.63. The molecule has 0 atom stereocenters. The van der Waals surface area contributed by atoms with Crippen LogP contribution in [-0.2, 0) is 13.2 Å². The fraction of sp³-hybridized carbons (Fsp3) is 0.300. The van der Waals surface area contributed by atoms with Crippen LogP contribution in [0.5, 0.6) is 0 Å². The highest BCUT2D eigenvalue weighted by atomic mass is 35.5. The molecule has 0 saturated carbocycles. The van der Waals surface area contributed by atoms with Crippen molar-refractivity contribution >= 4 is 22.6 Å². The van der Waals surface area contributed by atoms with Gasteiger partial charge in [-0.2, -0.15) is 0 Å². The van der Waals surface area contributed by atoms with E-state index >= 15 is 0 Å². The third-order valence-corrected chi connectivity index (χ3v) is 2.49. The van der Waals surface area contributed by atoms with Crippen molar-refractivity contribution in [1.82, 2.24) is 9.55 Å². The lowest BCUT2D eigenvalue weighted by molar-refractivity contribution is 0.248. The Morgan fingerprint density at radius 1 is 1.33 bits per heavy atom. The van der Waals surface area contributed by atoms with E-state index in [2.05, 4.69) is 4.98 Å². The molecule has 0 spiro atoms. The Morgan fingerprint density at radius 2 is 2.13 bits per heavy atom. The van der Waals surface area contributed by atoms with E-state index in [0.717, 1.165) is 11.0 Å². The Morgan fingerprint density at radius 3 is 2.80 bits per heavy atom. The van der Waals surface area contributed by atoms with Crippen LogP contribution in [0.1, 0.15) is 5.82 Å². The van der Waals surface area contributed by atoms with Gasteiger partial charge >= 0.3 is 0 Å². The number of hydrogen-bond acceptors (Lipinski definition) is 3. The summed E-state index contributed by atoms with van der Waals surface area (Å²) in [6.07, 6.45) is 0. The summed E-state index contributed by atoms with van der Waals surface area (Å²) >= 11 is 5.84. The Balaban J connectivity index is 2.63. The van der Waals surface area contributed by atoms with Gasteiger partial charge in [0.05, 0.1) is 17.6 Å². The molecule has 0 amide bonds. The minimum atomic E-state index is -0.147. The van der Waals surface area contributed by atoms with Crippen molar-refractivity contribution in [2.75, 3.05) is 6.61 Å². The van der Waals surface area contributed by atoms with Crippen molar-refractivity contribution in [2.45, 2.75) is 13.2 Å². The van der Waals surface area contributed by atoms with E-state index in [1.165, 1.54) is 0 Å². The predicted octanol–water partition coefficient (Wildman–Crippen LogP) is 1.17. The minimum Gasteiger partial charge on any atom is -0.395 e. The molecule has 15 heavy (non-hydrogen) atoms. The molecule has 0 saturated heterocycles. The summed E-state index contributed by atoms with van der Waals surface area (Å²) < 4.78 is 1.78. The average Bonchev–Trinajstić information content (AvgIpc) is 2.56. The van der Waals surface area contributed by atoms with E-state index in [1.807, 2.05) is 6.07 Å². The van der Waals surface area contributed by atoms with E-state index in [-0.39, 0.29) is 13.2 Å². The molecule has 0 radical (unpaired) electrons. The maximum Gasteiger partial charge on any atom is 0.135 e. The third kappa shape index (κ3) is 1.84. The smallest absolute Gasteiger partial charge is 0.135 e. The van der Waals surface area contributed by atoms with Crippen LogP contribution in [0.3, 0.4) is 0 Å². The van der Waals surface area contributed by atoms with Gasteiger partial charge in [-0.1, -0.05) is 11.6 Å². The summed E-state index contributed by atoms with van der Waals surface area (Å²) in [6.45, 7) is 0.293. The van der Waals surface area contributed by atoms with Gasteiger partial charge in [0.2, 0.25) is 0 Å². The van der Waals surface area contributed by atoms with Crippen LogP contribution < -0.4 is 0 Å². The maximum absolute atomic E-state index is 9.12. The van der Waals surface area contributed by atoms with Gasteiger partial charge in [0.25, 0.3) is 0 Å². The Labute approximate surface area is 91.7 Å². The quantitative estimate of drug-likeness (QED) is 0.826. The summed E-state index contributed by atoms with van der Waals surface area (Å²) in [7, 11) is 0. The first-order chi connectivity index (χ1) is 7.26. The topological polar surface area (TPSA) is 58.3 Å². The average molecular weight is 227 g/mol. The molecular formula is C10H11ClN2O2. The summed E-state index contributed by atoms with van der Waals surface area (Å²) in [4.78, 5) is 4.23. The number of benzene rings is 1. The van der Waals surface area contributed by atoms with Crippen molar-refractivity contribution in [3.63, 3.8) is 0 Å². The van der Waals surface area contributed by atoms with Crippen molar-refractivity contribution in [3.05, 3.63) is 29.0 Å². The maximum atomic E-state index is 9.12. The van der Waals surface area contributed by atoms with Crippen LogP contribution in [0.25, 0.3) is 11.0 Å². The van der Waals surface area contributed by atoms with Crippen molar-refractivity contribution in [2.24, 2.45) is 0 Å². The van der Waals surface area contributed by atoms with Gasteiger partial charge in [-0.3, -0.25) is 0 Å². The zero-order chi connectivity index (χ0) is 10.8. The molecule has 4 nitrogen and oxygen atoms in total. The fourth-order valence-corrected chi connectivity index (χ4v) is 1.79. The second-order valence-electron chi connectivity index (χ2n) is 3.19. The highest BCUT2D eigenvalue weighted by molar-refractivity contribution is 6.31. The van der Waals surface area contributed by atoms with Gasteiger partial charge in [-0.15, -0.1) is 0 Å². The monoisotopic (exact) mass is 226 g/mol. The molecule has 5 heteroatoms. The zero-order valence-corrected chi connectivity index (χ0v) is 8.78. The lowest BCUT2D eigenvalue weighted by atomic mass is 10.3. The van der Waals surface area contributed by atoms with Crippen LogP contribution in [-0.4, -0.2) is 26.4 Å². The molecule has 0 fully saturated rings. The highest BCUT2D eigenvalue weighted by Gasteiger charge is 2.09. The van der Waals surface area contributed by atoms with Gasteiger partial charge in [0, 0.05) is 11.6 Å². The molecule has 0 aliphatic rings. The SMILES string of the molecule is OCCn1c(CO)nc2cc(Cl)ccc21. The number of halogens is 1. The summed E-state index contributed by atoms with van der Waals surface area (Å²) in [5.74, 6) is 0.543. The number of rotatable bonds is 3. The largest absolute Gasteiger partial charge is 0.395 e. The molecule has 0 aliphatic carbocycles. The molecule has 2 rings (SSSR count). The lowest BCUT2D eigenvalue weighted by Crippen LogP contribution is -2.06. The first kappa shape index (κ1) is 10.4. The van der Waals surface area contributed by atoms with E-state index < -0.39 is 0 Å². The number of aliphatic hydroxyl groups excluding tert-OH is 2. The molecular weight excluding hydrogens is 216 g/mol. The Bertz CT molecular complexity index is 481. The predicted molar refractivity (Wildman–Crippen MR) is 57.8 cm³/mol. The number of fused-ring (bicyclic) bond motifs is 1. The van der Waals surface area contributed by atoms with Crippen LogP contribution in [0, 0.1) is 0 Å². The number of nitrogens with zero attached hydrogens (tertiary/aromatic N) is 2. The number of hydrogen-bond donors (Lipinski definition) is 2. The zero-order valence-electron chi connectivity index (χ0n) is 8.02. The molecule has 1 aromatic heterocycles. The van der Waals surface area contributed by atoms with Crippen molar-refractivity contribution in [1.29, 1.82) is 0 Å². The molecule has 2 aromatic rings. The molecule has 0 aliphatic heterocycles. The number of imidazole rings is 1. The molecule has 2 N–H and O–H groups in total. The third-order valence-electron chi connectivity index (χ3n) is 2.25. The van der Waals surface area contributed by atoms with Gasteiger partial charge in [-0.25, -0.2) is 4.98 Å². The molecule has 0 unspecified atom stereocenters. The van der Waals surface area contributed by atoms with Crippen LogP contribution >= 0.6 is 11.6 Å². The Hall–Kier alpha value is -1.10. The summed E-state index contributed by atoms with van der Waals surface area (Å²) in [6, 6.07) is 5.34. The van der Waals surface area contributed by atoms with Gasteiger partial charge in [0.15, 0.2) is 0 Å². The van der Waals surface area contributed by atoms with Crippen LogP contribution in [0.4, 0.5) is 0 Å². The first-order valence-electron chi connectivity index (χ1n) is 4.62. The van der Waals surface area contributed by atoms with Crippen LogP contribution in [0.2, 0.25) is 5.02 Å². The van der Waals surface area contributed by atoms with E-state index in [1.54, 1.807) is 16.7 Å². The lowest BCUT2D eigenvalue weighted by Gasteiger charge is -2.04. The number of aromatic nitrogens is 2. The molecule has 80 valence electrons. The fourth-order valence-electron chi connectivity index (χ4n) is 1.62. The highest BCUT2D eigenvalue weighted by Crippen LogP contribution is 2.20. The molecule has 1 aromatic carbocycles.